The number of carbonyl (C=O) groups is 1. The average molecular weight is 339 g/mol. The maximum Gasteiger partial charge on any atom is 0.227 e. The number of benzene rings is 1. The second-order valence-electron chi connectivity index (χ2n) is 5.48. The minimum Gasteiger partial charge on any atom is -0.496 e. The van der Waals surface area contributed by atoms with E-state index in [9.17, 15) is 4.79 Å². The number of halogens is 1. The summed E-state index contributed by atoms with van der Waals surface area (Å²) in [5.41, 5.74) is 1.05. The predicted octanol–water partition coefficient (Wildman–Crippen LogP) is 2.17. The van der Waals surface area contributed by atoms with Gasteiger partial charge in [0.1, 0.15) is 5.75 Å². The summed E-state index contributed by atoms with van der Waals surface area (Å²) in [7, 11) is 1.67. The molecule has 2 aliphatic rings. The van der Waals surface area contributed by atoms with Crippen LogP contribution in [0.5, 0.6) is 5.75 Å². The van der Waals surface area contributed by atoms with E-state index in [1.54, 1.807) is 7.11 Å². The van der Waals surface area contributed by atoms with Crippen LogP contribution in [-0.4, -0.2) is 37.0 Å². The number of piperidine rings is 1. The molecule has 2 heterocycles. The second-order valence-corrected chi connectivity index (χ2v) is 6.40. The number of ether oxygens (including phenoxy) is 1. The van der Waals surface area contributed by atoms with Crippen LogP contribution in [0.2, 0.25) is 0 Å². The van der Waals surface area contributed by atoms with Gasteiger partial charge in [-0.05, 0) is 37.6 Å². The molecule has 0 radical (unpaired) electrons. The van der Waals surface area contributed by atoms with Crippen molar-refractivity contribution in [1.29, 1.82) is 0 Å². The molecule has 0 saturated carbocycles. The highest BCUT2D eigenvalue weighted by Crippen LogP contribution is 2.30. The van der Waals surface area contributed by atoms with E-state index in [2.05, 4.69) is 21.2 Å². The first-order chi connectivity index (χ1) is 9.69. The largest absolute Gasteiger partial charge is 0.496 e. The van der Waals surface area contributed by atoms with E-state index in [0.29, 0.717) is 12.6 Å². The van der Waals surface area contributed by atoms with Gasteiger partial charge in [-0.25, -0.2) is 0 Å². The van der Waals surface area contributed by atoms with Crippen LogP contribution in [-0.2, 0) is 11.3 Å². The minimum absolute atomic E-state index is 0.168. The molecule has 2 atom stereocenters. The Balaban J connectivity index is 1.78. The second kappa shape index (κ2) is 5.74. The number of amides is 1. The Morgan fingerprint density at radius 3 is 3.10 bits per heavy atom. The van der Waals surface area contributed by atoms with Crippen molar-refractivity contribution in [3.05, 3.63) is 28.2 Å². The van der Waals surface area contributed by atoms with Gasteiger partial charge in [0.15, 0.2) is 0 Å². The lowest BCUT2D eigenvalue weighted by atomic mass is 9.94. The summed E-state index contributed by atoms with van der Waals surface area (Å²) in [6.07, 6.45) is 2.11. The average Bonchev–Trinajstić information content (AvgIpc) is 2.76. The molecule has 2 fully saturated rings. The molecule has 20 heavy (non-hydrogen) atoms. The minimum atomic E-state index is 0.168. The number of carbonyl (C=O) groups excluding carboxylic acids is 1. The van der Waals surface area contributed by atoms with E-state index in [4.69, 9.17) is 4.74 Å². The van der Waals surface area contributed by atoms with Crippen molar-refractivity contribution in [1.82, 2.24) is 10.2 Å². The number of likely N-dealkylation sites (tertiary alicyclic amines) is 1. The van der Waals surface area contributed by atoms with Crippen molar-refractivity contribution in [2.75, 3.05) is 20.2 Å². The summed E-state index contributed by atoms with van der Waals surface area (Å²) in [5, 5.41) is 3.46. The number of nitrogens with one attached hydrogen (secondary N) is 1. The van der Waals surface area contributed by atoms with Crippen LogP contribution < -0.4 is 10.1 Å². The molecule has 4 nitrogen and oxygen atoms in total. The van der Waals surface area contributed by atoms with Gasteiger partial charge in [0, 0.05) is 29.2 Å². The maximum atomic E-state index is 12.5. The fraction of sp³-hybridized carbons (Fsp3) is 0.533. The van der Waals surface area contributed by atoms with Gasteiger partial charge in [-0.15, -0.1) is 0 Å². The first kappa shape index (κ1) is 13.9. The molecule has 0 spiro atoms. The third kappa shape index (κ3) is 2.56. The standard InChI is InChI=1S/C15H19BrN2O2/c1-20-14-5-4-11(16)7-10(14)8-18-9-13-12(15(18)19)3-2-6-17-13/h4-5,7,12-13,17H,2-3,6,8-9H2,1H3. The smallest absolute Gasteiger partial charge is 0.227 e. The molecule has 3 rings (SSSR count). The van der Waals surface area contributed by atoms with Crippen LogP contribution in [0, 0.1) is 5.92 Å². The number of nitrogens with zero attached hydrogens (tertiary/aromatic N) is 1. The fourth-order valence-electron chi connectivity index (χ4n) is 3.22. The third-order valence-corrected chi connectivity index (χ3v) is 4.73. The summed E-state index contributed by atoms with van der Waals surface area (Å²) >= 11 is 3.48. The predicted molar refractivity (Wildman–Crippen MR) is 80.6 cm³/mol. The first-order valence-corrected chi connectivity index (χ1v) is 7.83. The molecular formula is C15H19BrN2O2. The Morgan fingerprint density at radius 2 is 2.35 bits per heavy atom. The van der Waals surface area contributed by atoms with Gasteiger partial charge in [-0.1, -0.05) is 15.9 Å². The molecule has 0 bridgehead atoms. The van der Waals surface area contributed by atoms with Crippen LogP contribution in [0.25, 0.3) is 0 Å². The lowest BCUT2D eigenvalue weighted by molar-refractivity contribution is -0.131. The summed E-state index contributed by atoms with van der Waals surface area (Å²) in [6, 6.07) is 6.25. The van der Waals surface area contributed by atoms with Crippen molar-refractivity contribution in [3.8, 4) is 5.75 Å². The van der Waals surface area contributed by atoms with Crippen molar-refractivity contribution in [3.63, 3.8) is 0 Å². The Morgan fingerprint density at radius 1 is 1.50 bits per heavy atom. The molecule has 2 saturated heterocycles. The molecule has 2 aliphatic heterocycles. The summed E-state index contributed by atoms with van der Waals surface area (Å²) in [6.45, 7) is 2.46. The number of rotatable bonds is 3. The first-order valence-electron chi connectivity index (χ1n) is 7.03. The molecular weight excluding hydrogens is 320 g/mol. The highest BCUT2D eigenvalue weighted by atomic mass is 79.9. The van der Waals surface area contributed by atoms with Crippen LogP contribution in [0.15, 0.2) is 22.7 Å². The monoisotopic (exact) mass is 338 g/mol. The van der Waals surface area contributed by atoms with Crippen LogP contribution in [0.1, 0.15) is 18.4 Å². The van der Waals surface area contributed by atoms with Crippen LogP contribution >= 0.6 is 15.9 Å². The molecule has 1 aromatic rings. The zero-order valence-electron chi connectivity index (χ0n) is 11.6. The molecule has 108 valence electrons. The summed E-state index contributed by atoms with van der Waals surface area (Å²) < 4.78 is 6.40. The van der Waals surface area contributed by atoms with E-state index in [0.717, 1.165) is 41.7 Å². The number of fused-ring (bicyclic) bond motifs is 1. The van der Waals surface area contributed by atoms with Gasteiger partial charge in [0.05, 0.1) is 13.0 Å². The topological polar surface area (TPSA) is 41.6 Å². The van der Waals surface area contributed by atoms with Gasteiger partial charge in [-0.3, -0.25) is 4.79 Å². The molecule has 2 unspecified atom stereocenters. The molecule has 0 aromatic heterocycles. The molecule has 1 N–H and O–H groups in total. The summed E-state index contributed by atoms with van der Waals surface area (Å²) in [4.78, 5) is 14.4. The van der Waals surface area contributed by atoms with Crippen molar-refractivity contribution in [2.45, 2.75) is 25.4 Å². The zero-order valence-corrected chi connectivity index (χ0v) is 13.1. The number of methoxy groups -OCH3 is 1. The Hall–Kier alpha value is -1.07. The maximum absolute atomic E-state index is 12.5. The van der Waals surface area contributed by atoms with Gasteiger partial charge >= 0.3 is 0 Å². The summed E-state index contributed by atoms with van der Waals surface area (Å²) in [5.74, 6) is 1.29. The fourth-order valence-corrected chi connectivity index (χ4v) is 3.63. The highest BCUT2D eigenvalue weighted by molar-refractivity contribution is 9.10. The Kier molecular flexibility index (Phi) is 3.98. The lowest BCUT2D eigenvalue weighted by Crippen LogP contribution is -2.41. The van der Waals surface area contributed by atoms with E-state index >= 15 is 0 Å². The molecule has 1 aromatic carbocycles. The highest BCUT2D eigenvalue weighted by Gasteiger charge is 2.41. The van der Waals surface area contributed by atoms with E-state index in [1.807, 2.05) is 23.1 Å². The van der Waals surface area contributed by atoms with Gasteiger partial charge < -0.3 is 15.0 Å². The molecule has 5 heteroatoms. The lowest BCUT2D eigenvalue weighted by Gasteiger charge is -2.23. The SMILES string of the molecule is COc1ccc(Br)cc1CN1CC2NCCCC2C1=O. The van der Waals surface area contributed by atoms with Crippen molar-refractivity contribution in [2.24, 2.45) is 5.92 Å². The van der Waals surface area contributed by atoms with E-state index in [1.165, 1.54) is 0 Å². The normalized spacial score (nSPS) is 25.7. The molecule has 0 aliphatic carbocycles. The van der Waals surface area contributed by atoms with Crippen LogP contribution in [0.3, 0.4) is 0 Å². The van der Waals surface area contributed by atoms with Crippen LogP contribution in [0.4, 0.5) is 0 Å². The third-order valence-electron chi connectivity index (χ3n) is 4.23. The Labute approximate surface area is 127 Å². The molecule has 1 amide bonds. The van der Waals surface area contributed by atoms with Gasteiger partial charge in [0.2, 0.25) is 5.91 Å². The Bertz CT molecular complexity index is 521. The van der Waals surface area contributed by atoms with Gasteiger partial charge in [-0.2, -0.15) is 0 Å². The van der Waals surface area contributed by atoms with Gasteiger partial charge in [0.25, 0.3) is 0 Å². The zero-order chi connectivity index (χ0) is 14.1. The van der Waals surface area contributed by atoms with E-state index < -0.39 is 0 Å². The van der Waals surface area contributed by atoms with Crippen molar-refractivity contribution < 1.29 is 9.53 Å². The van der Waals surface area contributed by atoms with Crippen molar-refractivity contribution >= 4 is 21.8 Å². The van der Waals surface area contributed by atoms with E-state index in [-0.39, 0.29) is 11.8 Å². The number of hydrogen-bond donors (Lipinski definition) is 1. The number of hydrogen-bond acceptors (Lipinski definition) is 3. The quantitative estimate of drug-likeness (QED) is 0.918.